The molecule has 0 bridgehead atoms. The summed E-state index contributed by atoms with van der Waals surface area (Å²) in [5, 5.41) is 13.3. The zero-order chi connectivity index (χ0) is 13.0. The van der Waals surface area contributed by atoms with Crippen molar-refractivity contribution in [2.75, 3.05) is 5.33 Å². The van der Waals surface area contributed by atoms with Crippen LogP contribution in [0.2, 0.25) is 0 Å². The third-order valence-electron chi connectivity index (χ3n) is 3.55. The van der Waals surface area contributed by atoms with Gasteiger partial charge in [0.2, 0.25) is 0 Å². The molecule has 98 valence electrons. The maximum atomic E-state index is 12.2. The summed E-state index contributed by atoms with van der Waals surface area (Å²) in [5.41, 5.74) is 0.391. The molecule has 0 heterocycles. The van der Waals surface area contributed by atoms with E-state index in [0.717, 1.165) is 31.0 Å². The fraction of sp³-hybridized carbons (Fsp3) is 0.500. The lowest BCUT2D eigenvalue weighted by molar-refractivity contribution is 0.0886. The van der Waals surface area contributed by atoms with Gasteiger partial charge in [-0.15, -0.1) is 0 Å². The monoisotopic (exact) mass is 311 g/mol. The maximum Gasteiger partial charge on any atom is 0.251 e. The third-order valence-corrected chi connectivity index (χ3v) is 4.63. The quantitative estimate of drug-likeness (QED) is 0.842. The zero-order valence-electron chi connectivity index (χ0n) is 10.3. The number of phenols is 1. The van der Waals surface area contributed by atoms with Crippen molar-refractivity contribution >= 4 is 21.8 Å². The molecule has 1 aliphatic carbocycles. The van der Waals surface area contributed by atoms with Crippen LogP contribution in [0, 0.1) is 0 Å². The van der Waals surface area contributed by atoms with Gasteiger partial charge in [-0.2, -0.15) is 0 Å². The molecule has 0 spiro atoms. The average Bonchev–Trinajstić information content (AvgIpc) is 2.40. The van der Waals surface area contributed by atoms with Crippen molar-refractivity contribution < 1.29 is 9.90 Å². The Bertz CT molecular complexity index is 428. The minimum atomic E-state index is -0.124. The first-order valence-corrected chi connectivity index (χ1v) is 7.45. The Morgan fingerprint density at radius 3 is 2.67 bits per heavy atom. The van der Waals surface area contributed by atoms with Crippen LogP contribution in [0.3, 0.4) is 0 Å². The van der Waals surface area contributed by atoms with Crippen LogP contribution in [-0.2, 0) is 0 Å². The van der Waals surface area contributed by atoms with Gasteiger partial charge in [0.05, 0.1) is 5.54 Å². The van der Waals surface area contributed by atoms with Gasteiger partial charge in [-0.25, -0.2) is 0 Å². The van der Waals surface area contributed by atoms with Crippen LogP contribution in [0.25, 0.3) is 0 Å². The second kappa shape index (κ2) is 5.74. The number of carbonyl (C=O) groups is 1. The number of aromatic hydroxyl groups is 1. The first kappa shape index (κ1) is 13.4. The Kier molecular flexibility index (Phi) is 4.27. The largest absolute Gasteiger partial charge is 0.508 e. The number of benzene rings is 1. The molecule has 3 nitrogen and oxygen atoms in total. The number of alkyl halides is 1. The summed E-state index contributed by atoms with van der Waals surface area (Å²) in [7, 11) is 0. The van der Waals surface area contributed by atoms with E-state index in [1.807, 2.05) is 0 Å². The maximum absolute atomic E-state index is 12.2. The zero-order valence-corrected chi connectivity index (χ0v) is 11.9. The van der Waals surface area contributed by atoms with Gasteiger partial charge >= 0.3 is 0 Å². The fourth-order valence-corrected chi connectivity index (χ4v) is 3.18. The van der Waals surface area contributed by atoms with Crippen LogP contribution >= 0.6 is 15.9 Å². The van der Waals surface area contributed by atoms with E-state index in [4.69, 9.17) is 0 Å². The van der Waals surface area contributed by atoms with Gasteiger partial charge in [0, 0.05) is 10.9 Å². The highest BCUT2D eigenvalue weighted by Crippen LogP contribution is 2.30. The number of hydrogen-bond donors (Lipinski definition) is 2. The molecule has 1 aromatic carbocycles. The second-order valence-electron chi connectivity index (χ2n) is 4.98. The molecule has 0 aromatic heterocycles. The van der Waals surface area contributed by atoms with E-state index in [-0.39, 0.29) is 17.2 Å². The Balaban J connectivity index is 2.10. The van der Waals surface area contributed by atoms with Crippen molar-refractivity contribution in [3.05, 3.63) is 29.8 Å². The van der Waals surface area contributed by atoms with Crippen LogP contribution in [0.15, 0.2) is 24.3 Å². The molecule has 0 unspecified atom stereocenters. The topological polar surface area (TPSA) is 49.3 Å². The van der Waals surface area contributed by atoms with Crippen molar-refractivity contribution in [1.82, 2.24) is 5.32 Å². The molecule has 0 aliphatic heterocycles. The highest BCUT2D eigenvalue weighted by molar-refractivity contribution is 9.09. The number of hydrogen-bond acceptors (Lipinski definition) is 2. The SMILES string of the molecule is O=C(NC1(CBr)CCCCC1)c1cccc(O)c1. The minimum absolute atomic E-state index is 0.104. The van der Waals surface area contributed by atoms with Crippen LogP contribution in [-0.4, -0.2) is 21.9 Å². The number of halogens is 1. The molecule has 4 heteroatoms. The van der Waals surface area contributed by atoms with E-state index in [2.05, 4.69) is 21.2 Å². The first-order valence-electron chi connectivity index (χ1n) is 6.33. The van der Waals surface area contributed by atoms with E-state index in [9.17, 15) is 9.90 Å². The molecular weight excluding hydrogens is 294 g/mol. The van der Waals surface area contributed by atoms with Crippen molar-refractivity contribution in [2.24, 2.45) is 0 Å². The summed E-state index contributed by atoms with van der Waals surface area (Å²) in [6.07, 6.45) is 5.60. The predicted octanol–water partition coefficient (Wildman–Crippen LogP) is 3.22. The molecule has 0 atom stereocenters. The molecule has 1 aromatic rings. The molecule has 2 rings (SSSR count). The van der Waals surface area contributed by atoms with Gasteiger partial charge < -0.3 is 10.4 Å². The number of amides is 1. The van der Waals surface area contributed by atoms with Crippen molar-refractivity contribution in [1.29, 1.82) is 0 Å². The van der Waals surface area contributed by atoms with Crippen LogP contribution < -0.4 is 5.32 Å². The summed E-state index contributed by atoms with van der Waals surface area (Å²) in [6.45, 7) is 0. The molecule has 1 amide bonds. The Hall–Kier alpha value is -1.03. The molecule has 1 aliphatic rings. The summed E-state index contributed by atoms with van der Waals surface area (Å²) in [5.74, 6) is 0.0198. The third kappa shape index (κ3) is 3.05. The number of carbonyl (C=O) groups excluding carboxylic acids is 1. The van der Waals surface area contributed by atoms with E-state index < -0.39 is 0 Å². The predicted molar refractivity (Wildman–Crippen MR) is 75.2 cm³/mol. The summed E-state index contributed by atoms with van der Waals surface area (Å²) in [6, 6.07) is 6.48. The number of phenolic OH excluding ortho intramolecular Hbond substituents is 1. The minimum Gasteiger partial charge on any atom is -0.508 e. The normalized spacial score (nSPS) is 18.3. The van der Waals surface area contributed by atoms with E-state index in [1.165, 1.54) is 12.5 Å². The molecule has 1 saturated carbocycles. The standard InChI is InChI=1S/C14H18BrNO2/c15-10-14(7-2-1-3-8-14)16-13(18)11-5-4-6-12(17)9-11/h4-6,9,17H,1-3,7-8,10H2,(H,16,18). The van der Waals surface area contributed by atoms with Gasteiger partial charge in [0.15, 0.2) is 0 Å². The molecule has 2 N–H and O–H groups in total. The van der Waals surface area contributed by atoms with Crippen molar-refractivity contribution in [3.63, 3.8) is 0 Å². The van der Waals surface area contributed by atoms with Crippen LogP contribution in [0.4, 0.5) is 0 Å². The molecule has 0 radical (unpaired) electrons. The second-order valence-corrected chi connectivity index (χ2v) is 5.54. The molecule has 0 saturated heterocycles. The fourth-order valence-electron chi connectivity index (χ4n) is 2.48. The lowest BCUT2D eigenvalue weighted by atomic mass is 9.83. The van der Waals surface area contributed by atoms with E-state index >= 15 is 0 Å². The van der Waals surface area contributed by atoms with Gasteiger partial charge in [-0.1, -0.05) is 41.3 Å². The lowest BCUT2D eigenvalue weighted by Gasteiger charge is -2.36. The van der Waals surface area contributed by atoms with Gasteiger partial charge in [-0.05, 0) is 31.0 Å². The first-order chi connectivity index (χ1) is 8.65. The van der Waals surface area contributed by atoms with Gasteiger partial charge in [0.25, 0.3) is 5.91 Å². The average molecular weight is 312 g/mol. The van der Waals surface area contributed by atoms with Gasteiger partial charge in [-0.3, -0.25) is 4.79 Å². The molecule has 1 fully saturated rings. The Morgan fingerprint density at radius 2 is 2.06 bits per heavy atom. The highest BCUT2D eigenvalue weighted by Gasteiger charge is 2.32. The highest BCUT2D eigenvalue weighted by atomic mass is 79.9. The van der Waals surface area contributed by atoms with E-state index in [0.29, 0.717) is 5.56 Å². The number of nitrogens with one attached hydrogen (secondary N) is 1. The lowest BCUT2D eigenvalue weighted by Crippen LogP contribution is -2.51. The van der Waals surface area contributed by atoms with E-state index in [1.54, 1.807) is 18.2 Å². The smallest absolute Gasteiger partial charge is 0.251 e. The summed E-state index contributed by atoms with van der Waals surface area (Å²) >= 11 is 3.52. The molecule has 18 heavy (non-hydrogen) atoms. The van der Waals surface area contributed by atoms with Crippen LogP contribution in [0.1, 0.15) is 42.5 Å². The van der Waals surface area contributed by atoms with Gasteiger partial charge in [0.1, 0.15) is 5.75 Å². The Labute approximate surface area is 116 Å². The molecular formula is C14H18BrNO2. The van der Waals surface area contributed by atoms with Crippen molar-refractivity contribution in [2.45, 2.75) is 37.6 Å². The van der Waals surface area contributed by atoms with Crippen LogP contribution in [0.5, 0.6) is 5.75 Å². The number of rotatable bonds is 3. The van der Waals surface area contributed by atoms with Crippen molar-refractivity contribution in [3.8, 4) is 5.75 Å². The Morgan fingerprint density at radius 1 is 1.33 bits per heavy atom. The summed E-state index contributed by atoms with van der Waals surface area (Å²) in [4.78, 5) is 12.2. The summed E-state index contributed by atoms with van der Waals surface area (Å²) < 4.78 is 0.